The molecule has 2 amide bonds. The fraction of sp³-hybridized carbons (Fsp3) is 0.300. The number of likely N-dealkylation sites (N-methyl/N-ethyl adjacent to an activating group) is 1. The van der Waals surface area contributed by atoms with Gasteiger partial charge in [-0.2, -0.15) is 0 Å². The summed E-state index contributed by atoms with van der Waals surface area (Å²) >= 11 is 0. The summed E-state index contributed by atoms with van der Waals surface area (Å²) in [7, 11) is -2.04. The minimum atomic E-state index is -3.52. The first-order valence-electron chi connectivity index (χ1n) is 8.58. The van der Waals surface area contributed by atoms with Crippen LogP contribution in [0.3, 0.4) is 0 Å². The molecule has 2 aromatic carbocycles. The fourth-order valence-corrected chi connectivity index (χ4v) is 3.77. The summed E-state index contributed by atoms with van der Waals surface area (Å²) < 4.78 is 24.5. The highest BCUT2D eigenvalue weighted by atomic mass is 32.2. The first kappa shape index (κ1) is 20.6. The topological polar surface area (TPSA) is 83.6 Å². The van der Waals surface area contributed by atoms with E-state index in [1.807, 2.05) is 32.0 Å². The molecule has 0 aromatic heterocycles. The second-order valence-corrected chi connectivity index (χ2v) is 8.61. The Hall–Kier alpha value is -2.67. The normalized spacial score (nSPS) is 11.1. The molecule has 0 aliphatic heterocycles. The SMILES string of the molecule is Cc1ccc(C)c(NC(=O)CN(C)C(=O)CCS(=O)(=O)c2ccccc2)c1. The zero-order valence-corrected chi connectivity index (χ0v) is 16.5. The highest BCUT2D eigenvalue weighted by Gasteiger charge is 2.19. The third kappa shape index (κ3) is 5.92. The molecule has 144 valence electrons. The zero-order chi connectivity index (χ0) is 20.0. The van der Waals surface area contributed by atoms with Crippen molar-refractivity contribution in [2.24, 2.45) is 0 Å². The number of aryl methyl sites for hydroxylation is 2. The van der Waals surface area contributed by atoms with Crippen molar-refractivity contribution in [2.75, 3.05) is 24.7 Å². The van der Waals surface area contributed by atoms with Crippen molar-refractivity contribution in [2.45, 2.75) is 25.2 Å². The fourth-order valence-electron chi connectivity index (χ4n) is 2.52. The summed E-state index contributed by atoms with van der Waals surface area (Å²) in [6.45, 7) is 3.67. The van der Waals surface area contributed by atoms with Gasteiger partial charge in [-0.25, -0.2) is 8.42 Å². The summed E-state index contributed by atoms with van der Waals surface area (Å²) in [5.41, 5.74) is 2.65. The Morgan fingerprint density at radius 3 is 2.37 bits per heavy atom. The molecule has 0 heterocycles. The van der Waals surface area contributed by atoms with Crippen LogP contribution in [0.2, 0.25) is 0 Å². The average Bonchev–Trinajstić information content (AvgIpc) is 2.63. The van der Waals surface area contributed by atoms with Gasteiger partial charge in [-0.05, 0) is 43.2 Å². The number of nitrogens with one attached hydrogen (secondary N) is 1. The van der Waals surface area contributed by atoms with Gasteiger partial charge >= 0.3 is 0 Å². The molecule has 1 N–H and O–H groups in total. The Balaban J connectivity index is 1.90. The Labute approximate surface area is 160 Å². The highest BCUT2D eigenvalue weighted by Crippen LogP contribution is 2.16. The molecule has 6 nitrogen and oxygen atoms in total. The van der Waals surface area contributed by atoms with E-state index in [0.29, 0.717) is 5.69 Å². The van der Waals surface area contributed by atoms with Crippen LogP contribution in [-0.2, 0) is 19.4 Å². The van der Waals surface area contributed by atoms with Crippen LogP contribution in [0.5, 0.6) is 0 Å². The lowest BCUT2D eigenvalue weighted by Gasteiger charge is -2.17. The van der Waals surface area contributed by atoms with Crippen molar-refractivity contribution < 1.29 is 18.0 Å². The Kier molecular flexibility index (Phi) is 6.74. The average molecular weight is 388 g/mol. The number of carbonyl (C=O) groups excluding carboxylic acids is 2. The molecule has 0 fully saturated rings. The number of hydrogen-bond acceptors (Lipinski definition) is 4. The van der Waals surface area contributed by atoms with Crippen molar-refractivity contribution in [1.29, 1.82) is 0 Å². The predicted molar refractivity (Wildman–Crippen MR) is 105 cm³/mol. The third-order valence-corrected chi connectivity index (χ3v) is 5.89. The minimum Gasteiger partial charge on any atom is -0.336 e. The molecule has 0 saturated heterocycles. The van der Waals surface area contributed by atoms with Crippen LogP contribution in [0.15, 0.2) is 53.4 Å². The summed E-state index contributed by atoms with van der Waals surface area (Å²) in [5, 5.41) is 2.78. The van der Waals surface area contributed by atoms with Gasteiger partial charge in [0.2, 0.25) is 11.8 Å². The molecular formula is C20H24N2O4S. The van der Waals surface area contributed by atoms with Gasteiger partial charge in [0, 0.05) is 19.2 Å². The van der Waals surface area contributed by atoms with Gasteiger partial charge in [0.05, 0.1) is 17.2 Å². The maximum Gasteiger partial charge on any atom is 0.243 e. The second kappa shape index (κ2) is 8.81. The van der Waals surface area contributed by atoms with E-state index in [1.165, 1.54) is 24.1 Å². The van der Waals surface area contributed by atoms with Gasteiger partial charge in [-0.15, -0.1) is 0 Å². The van der Waals surface area contributed by atoms with E-state index in [2.05, 4.69) is 5.32 Å². The van der Waals surface area contributed by atoms with Crippen molar-refractivity contribution in [1.82, 2.24) is 4.90 Å². The van der Waals surface area contributed by atoms with E-state index in [1.54, 1.807) is 18.2 Å². The van der Waals surface area contributed by atoms with Crippen LogP contribution in [-0.4, -0.2) is 44.5 Å². The van der Waals surface area contributed by atoms with Crippen LogP contribution in [0.25, 0.3) is 0 Å². The number of anilines is 1. The first-order valence-corrected chi connectivity index (χ1v) is 10.2. The summed E-state index contributed by atoms with van der Waals surface area (Å²) in [5.74, 6) is -1.02. The van der Waals surface area contributed by atoms with Crippen molar-refractivity contribution in [3.63, 3.8) is 0 Å². The van der Waals surface area contributed by atoms with E-state index >= 15 is 0 Å². The van der Waals surface area contributed by atoms with Gasteiger partial charge < -0.3 is 10.2 Å². The summed E-state index contributed by atoms with van der Waals surface area (Å²) in [6, 6.07) is 13.7. The molecule has 2 rings (SSSR count). The van der Waals surface area contributed by atoms with Crippen LogP contribution in [0.1, 0.15) is 17.5 Å². The molecule has 0 aliphatic rings. The molecule has 0 bridgehead atoms. The van der Waals surface area contributed by atoms with Gasteiger partial charge in [0.25, 0.3) is 0 Å². The van der Waals surface area contributed by atoms with Gasteiger partial charge in [0.15, 0.2) is 9.84 Å². The Morgan fingerprint density at radius 1 is 1.04 bits per heavy atom. The summed E-state index contributed by atoms with van der Waals surface area (Å²) in [6.07, 6.45) is -0.176. The predicted octanol–water partition coefficient (Wildman–Crippen LogP) is 2.56. The summed E-state index contributed by atoms with van der Waals surface area (Å²) in [4.78, 5) is 25.8. The van der Waals surface area contributed by atoms with Crippen LogP contribution >= 0.6 is 0 Å². The molecule has 2 aromatic rings. The standard InChI is InChI=1S/C20H24N2O4S/c1-15-9-10-16(2)18(13-15)21-19(23)14-22(3)20(24)11-12-27(25,26)17-7-5-4-6-8-17/h4-10,13H,11-12,14H2,1-3H3,(H,21,23). The van der Waals surface area contributed by atoms with Gasteiger partial charge in [0.1, 0.15) is 0 Å². The number of hydrogen-bond donors (Lipinski definition) is 1. The molecule has 0 aliphatic carbocycles. The number of carbonyl (C=O) groups is 2. The smallest absolute Gasteiger partial charge is 0.243 e. The maximum absolute atomic E-state index is 12.2. The first-order chi connectivity index (χ1) is 12.7. The van der Waals surface area contributed by atoms with Crippen molar-refractivity contribution >= 4 is 27.3 Å². The minimum absolute atomic E-state index is 0.141. The number of rotatable bonds is 7. The van der Waals surface area contributed by atoms with E-state index in [4.69, 9.17) is 0 Å². The Morgan fingerprint density at radius 2 is 1.70 bits per heavy atom. The molecule has 0 saturated carbocycles. The highest BCUT2D eigenvalue weighted by molar-refractivity contribution is 7.91. The van der Waals surface area contributed by atoms with Crippen LogP contribution in [0, 0.1) is 13.8 Å². The largest absolute Gasteiger partial charge is 0.336 e. The number of nitrogens with zero attached hydrogens (tertiary/aromatic N) is 1. The molecule has 0 radical (unpaired) electrons. The quantitative estimate of drug-likeness (QED) is 0.790. The number of benzene rings is 2. The molecule has 0 unspecified atom stereocenters. The second-order valence-electron chi connectivity index (χ2n) is 6.50. The number of amides is 2. The molecule has 7 heteroatoms. The zero-order valence-electron chi connectivity index (χ0n) is 15.7. The lowest BCUT2D eigenvalue weighted by Crippen LogP contribution is -2.35. The van der Waals surface area contributed by atoms with Crippen LogP contribution in [0.4, 0.5) is 5.69 Å². The van der Waals surface area contributed by atoms with Gasteiger partial charge in [-0.3, -0.25) is 9.59 Å². The van der Waals surface area contributed by atoms with Crippen LogP contribution < -0.4 is 5.32 Å². The monoisotopic (exact) mass is 388 g/mol. The third-order valence-electron chi connectivity index (χ3n) is 4.16. The maximum atomic E-state index is 12.2. The lowest BCUT2D eigenvalue weighted by molar-refractivity contribution is -0.132. The lowest BCUT2D eigenvalue weighted by atomic mass is 10.1. The molecule has 0 spiro atoms. The van der Waals surface area contributed by atoms with E-state index in [9.17, 15) is 18.0 Å². The van der Waals surface area contributed by atoms with E-state index < -0.39 is 15.7 Å². The molecule has 0 atom stereocenters. The molecular weight excluding hydrogens is 364 g/mol. The van der Waals surface area contributed by atoms with Crippen molar-refractivity contribution in [3.05, 3.63) is 59.7 Å². The number of sulfone groups is 1. The van der Waals surface area contributed by atoms with E-state index in [0.717, 1.165) is 11.1 Å². The van der Waals surface area contributed by atoms with Gasteiger partial charge in [-0.1, -0.05) is 30.3 Å². The van der Waals surface area contributed by atoms with Crippen molar-refractivity contribution in [3.8, 4) is 0 Å². The van der Waals surface area contributed by atoms with E-state index in [-0.39, 0.29) is 29.5 Å². The molecule has 27 heavy (non-hydrogen) atoms. The Bertz CT molecular complexity index is 924.